The fraction of sp³-hybridized carbons (Fsp3) is 0.125. The summed E-state index contributed by atoms with van der Waals surface area (Å²) < 4.78 is 0.848. The highest BCUT2D eigenvalue weighted by Gasteiger charge is 2.00. The summed E-state index contributed by atoms with van der Waals surface area (Å²) in [6.45, 7) is 0. The summed E-state index contributed by atoms with van der Waals surface area (Å²) in [5.74, 6) is 0.136. The summed E-state index contributed by atoms with van der Waals surface area (Å²) in [6, 6.07) is 4.95. The summed E-state index contributed by atoms with van der Waals surface area (Å²) in [5.41, 5.74) is 0.592. The van der Waals surface area contributed by atoms with Crippen LogP contribution >= 0.6 is 15.9 Å². The molecule has 1 aromatic carbocycles. The van der Waals surface area contributed by atoms with Gasteiger partial charge in [-0.25, -0.2) is 0 Å². The second-order valence-electron chi connectivity index (χ2n) is 2.09. The number of phenols is 1. The lowest BCUT2D eigenvalue weighted by Crippen LogP contribution is -1.85. The normalized spacial score (nSPS) is 9.55. The third kappa shape index (κ3) is 2.05. The smallest absolute Gasteiger partial charge is 0.203 e. The van der Waals surface area contributed by atoms with Crippen molar-refractivity contribution in [2.75, 3.05) is 0 Å². The Morgan fingerprint density at radius 1 is 1.55 bits per heavy atom. The van der Waals surface area contributed by atoms with Gasteiger partial charge in [0.2, 0.25) is 6.29 Å². The highest BCUT2D eigenvalue weighted by Crippen LogP contribution is 2.21. The van der Waals surface area contributed by atoms with Gasteiger partial charge in [0.05, 0.1) is 0 Å². The van der Waals surface area contributed by atoms with Crippen LogP contribution in [-0.4, -0.2) is 11.4 Å². The van der Waals surface area contributed by atoms with Crippen molar-refractivity contribution in [3.8, 4) is 5.75 Å². The van der Waals surface area contributed by atoms with Crippen molar-refractivity contribution in [1.82, 2.24) is 0 Å². The van der Waals surface area contributed by atoms with E-state index >= 15 is 0 Å². The van der Waals surface area contributed by atoms with Gasteiger partial charge in [0.1, 0.15) is 5.75 Å². The molecule has 1 aromatic rings. The minimum Gasteiger partial charge on any atom is -0.508 e. The summed E-state index contributed by atoms with van der Waals surface area (Å²) in [7, 11) is 0. The van der Waals surface area contributed by atoms with Crippen molar-refractivity contribution in [1.29, 1.82) is 0 Å². The molecule has 11 heavy (non-hydrogen) atoms. The molecule has 0 amide bonds. The molecule has 0 unspecified atom stereocenters. The van der Waals surface area contributed by atoms with Crippen molar-refractivity contribution < 1.29 is 9.90 Å². The molecule has 0 aromatic heterocycles. The van der Waals surface area contributed by atoms with E-state index in [1.165, 1.54) is 6.07 Å². The minimum atomic E-state index is 0.130. The molecule has 0 saturated heterocycles. The van der Waals surface area contributed by atoms with Crippen LogP contribution in [0.5, 0.6) is 5.75 Å². The number of hydrogen-bond acceptors (Lipinski definition) is 2. The quantitative estimate of drug-likeness (QED) is 0.814. The topological polar surface area (TPSA) is 37.3 Å². The summed E-state index contributed by atoms with van der Waals surface area (Å²) in [6.07, 6.45) is 1.85. The fourth-order valence-electron chi connectivity index (χ4n) is 0.773. The van der Waals surface area contributed by atoms with E-state index in [-0.39, 0.29) is 12.2 Å². The van der Waals surface area contributed by atoms with Crippen LogP contribution < -0.4 is 0 Å². The Hall–Kier alpha value is -0.830. The molecular weight excluding hydrogens is 208 g/mol. The Morgan fingerprint density at radius 2 is 2.27 bits per heavy atom. The molecule has 1 rings (SSSR count). The Bertz CT molecular complexity index is 271. The predicted octanol–water partition coefficient (Wildman–Crippen LogP) is 1.81. The van der Waals surface area contributed by atoms with Crippen LogP contribution in [0.2, 0.25) is 0 Å². The Morgan fingerprint density at radius 3 is 2.91 bits per heavy atom. The molecule has 1 N–H and O–H groups in total. The van der Waals surface area contributed by atoms with Crippen LogP contribution in [-0.2, 0) is 11.2 Å². The van der Waals surface area contributed by atoms with Gasteiger partial charge in [-0.05, 0) is 18.2 Å². The number of hydrogen-bond donors (Lipinski definition) is 1. The van der Waals surface area contributed by atoms with Crippen LogP contribution in [0.3, 0.4) is 0 Å². The number of rotatable bonds is 2. The van der Waals surface area contributed by atoms with E-state index in [9.17, 15) is 4.79 Å². The molecule has 0 spiro atoms. The number of benzene rings is 1. The Kier molecular flexibility index (Phi) is 2.65. The third-order valence-electron chi connectivity index (χ3n) is 1.30. The standard InChI is InChI=1S/C8H6BrO2/c9-7-1-2-8(11)6(5-7)3-4-10/h1-2,5,11H,3H2. The van der Waals surface area contributed by atoms with Gasteiger partial charge in [0.25, 0.3) is 0 Å². The molecule has 0 bridgehead atoms. The van der Waals surface area contributed by atoms with E-state index < -0.39 is 0 Å². The molecule has 0 aliphatic rings. The number of phenolic OH excluding ortho intramolecular Hbond substituents is 1. The van der Waals surface area contributed by atoms with Crippen molar-refractivity contribution >= 4 is 22.2 Å². The highest BCUT2D eigenvalue weighted by molar-refractivity contribution is 9.10. The Balaban J connectivity index is 3.01. The molecular formula is C8H6BrO2. The molecule has 0 fully saturated rings. The fourth-order valence-corrected chi connectivity index (χ4v) is 1.18. The predicted molar refractivity (Wildman–Crippen MR) is 45.2 cm³/mol. The van der Waals surface area contributed by atoms with Gasteiger partial charge in [0.15, 0.2) is 0 Å². The average molecular weight is 214 g/mol. The maximum absolute atomic E-state index is 9.99. The van der Waals surface area contributed by atoms with E-state index in [1.807, 2.05) is 0 Å². The van der Waals surface area contributed by atoms with Crippen molar-refractivity contribution in [2.24, 2.45) is 0 Å². The van der Waals surface area contributed by atoms with Crippen LogP contribution in [0.1, 0.15) is 5.56 Å². The lowest BCUT2D eigenvalue weighted by atomic mass is 10.1. The first-order valence-corrected chi connectivity index (χ1v) is 3.85. The van der Waals surface area contributed by atoms with Crippen molar-refractivity contribution in [2.45, 2.75) is 6.42 Å². The largest absolute Gasteiger partial charge is 0.508 e. The van der Waals surface area contributed by atoms with Crippen LogP contribution in [0, 0.1) is 0 Å². The minimum absolute atomic E-state index is 0.130. The second kappa shape index (κ2) is 3.53. The maximum Gasteiger partial charge on any atom is 0.203 e. The summed E-state index contributed by atoms with van der Waals surface area (Å²) in [4.78, 5) is 9.99. The van der Waals surface area contributed by atoms with Gasteiger partial charge in [0, 0.05) is 16.5 Å². The van der Waals surface area contributed by atoms with Crippen molar-refractivity contribution in [3.63, 3.8) is 0 Å². The molecule has 0 atom stereocenters. The van der Waals surface area contributed by atoms with Gasteiger partial charge in [-0.1, -0.05) is 15.9 Å². The molecule has 0 aliphatic heterocycles. The molecule has 2 nitrogen and oxygen atoms in total. The maximum atomic E-state index is 9.99. The first kappa shape index (κ1) is 8.27. The number of carbonyl (C=O) groups excluding carboxylic acids is 1. The molecule has 1 radical (unpaired) electrons. The summed E-state index contributed by atoms with van der Waals surface area (Å²) >= 11 is 3.23. The lowest BCUT2D eigenvalue weighted by molar-refractivity contribution is 0.469. The average Bonchev–Trinajstić information content (AvgIpc) is 1.98. The zero-order valence-corrected chi connectivity index (χ0v) is 7.26. The van der Waals surface area contributed by atoms with Gasteiger partial charge in [-0.3, -0.25) is 4.79 Å². The first-order valence-electron chi connectivity index (χ1n) is 3.06. The van der Waals surface area contributed by atoms with E-state index in [1.54, 1.807) is 18.4 Å². The van der Waals surface area contributed by atoms with E-state index in [2.05, 4.69) is 15.9 Å². The van der Waals surface area contributed by atoms with Crippen LogP contribution in [0.25, 0.3) is 0 Å². The van der Waals surface area contributed by atoms with E-state index in [0.717, 1.165) is 4.47 Å². The van der Waals surface area contributed by atoms with Gasteiger partial charge in [-0.15, -0.1) is 0 Å². The number of halogens is 1. The second-order valence-corrected chi connectivity index (χ2v) is 3.01. The zero-order valence-electron chi connectivity index (χ0n) is 5.67. The molecule has 0 aliphatic carbocycles. The lowest BCUT2D eigenvalue weighted by Gasteiger charge is -1.99. The Labute approximate surface area is 73.0 Å². The molecule has 0 heterocycles. The molecule has 57 valence electrons. The monoisotopic (exact) mass is 213 g/mol. The van der Waals surface area contributed by atoms with Crippen LogP contribution in [0.15, 0.2) is 22.7 Å². The number of aromatic hydroxyl groups is 1. The van der Waals surface area contributed by atoms with Crippen LogP contribution in [0.4, 0.5) is 0 Å². The first-order chi connectivity index (χ1) is 5.24. The third-order valence-corrected chi connectivity index (χ3v) is 1.80. The van der Waals surface area contributed by atoms with Gasteiger partial charge < -0.3 is 5.11 Å². The van der Waals surface area contributed by atoms with E-state index in [0.29, 0.717) is 5.56 Å². The highest BCUT2D eigenvalue weighted by atomic mass is 79.9. The molecule has 0 saturated carbocycles. The molecule has 3 heteroatoms. The van der Waals surface area contributed by atoms with Gasteiger partial charge >= 0.3 is 0 Å². The SMILES string of the molecule is O=[C]Cc1cc(Br)ccc1O. The zero-order chi connectivity index (χ0) is 8.27. The van der Waals surface area contributed by atoms with Crippen molar-refractivity contribution in [3.05, 3.63) is 28.2 Å². The van der Waals surface area contributed by atoms with E-state index in [4.69, 9.17) is 5.11 Å². The summed E-state index contributed by atoms with van der Waals surface area (Å²) in [5, 5.41) is 9.17. The van der Waals surface area contributed by atoms with Gasteiger partial charge in [-0.2, -0.15) is 0 Å².